The van der Waals surface area contributed by atoms with Gasteiger partial charge in [0.2, 0.25) is 0 Å². The summed E-state index contributed by atoms with van der Waals surface area (Å²) in [6.07, 6.45) is 16.9. The predicted octanol–water partition coefficient (Wildman–Crippen LogP) is 7.02. The molecule has 0 aromatic heterocycles. The zero-order valence-electron chi connectivity index (χ0n) is 17.8. The number of ketones is 2. The van der Waals surface area contributed by atoms with Crippen LogP contribution in [0.4, 0.5) is 0 Å². The number of carbonyl (C=O) groups excluding carboxylic acids is 2. The molecule has 1 aliphatic rings. The molecule has 0 saturated carbocycles. The quantitative estimate of drug-likeness (QED) is 0.235. The average molecular weight is 392 g/mol. The van der Waals surface area contributed by atoms with Gasteiger partial charge in [0.15, 0.2) is 11.6 Å². The van der Waals surface area contributed by atoms with E-state index >= 15 is 0 Å². The first-order valence-electron chi connectivity index (χ1n) is 11.1. The zero-order valence-corrected chi connectivity index (χ0v) is 18.7. The van der Waals surface area contributed by atoms with Crippen molar-refractivity contribution < 1.29 is 9.59 Å². The summed E-state index contributed by atoms with van der Waals surface area (Å²) in [4.78, 5) is 24.2. The maximum absolute atomic E-state index is 12.4. The summed E-state index contributed by atoms with van der Waals surface area (Å²) in [5.41, 5.74) is 0.639. The van der Waals surface area contributed by atoms with Crippen molar-refractivity contribution in [2.24, 2.45) is 17.8 Å². The Labute approximate surface area is 172 Å². The van der Waals surface area contributed by atoms with Crippen LogP contribution in [0.1, 0.15) is 91.9 Å². The number of hydrogen-bond acceptors (Lipinski definition) is 2. The normalized spacial score (nSPS) is 18.9. The third kappa shape index (κ3) is 8.37. The lowest BCUT2D eigenvalue weighted by Crippen LogP contribution is -2.33. The Hall–Kier alpha value is -0.830. The molecule has 3 heteroatoms. The fourth-order valence-corrected chi connectivity index (χ4v) is 4.52. The van der Waals surface area contributed by atoms with Crippen LogP contribution in [0.5, 0.6) is 0 Å². The number of hydrogen-bond donors (Lipinski definition) is 0. The number of carbonyl (C=O) groups is 2. The second-order valence-electron chi connectivity index (χ2n) is 8.32. The highest BCUT2D eigenvalue weighted by Crippen LogP contribution is 2.36. The van der Waals surface area contributed by atoms with E-state index in [1.807, 2.05) is 0 Å². The SMILES string of the molecule is CCCCCCCCCCC(C)C([S])C(C1=CC(=O)C=CC1=O)C(C)CC. The van der Waals surface area contributed by atoms with Crippen molar-refractivity contribution in [3.8, 4) is 0 Å². The lowest BCUT2D eigenvalue weighted by Gasteiger charge is -2.33. The molecule has 153 valence electrons. The van der Waals surface area contributed by atoms with Crippen LogP contribution in [0.3, 0.4) is 0 Å². The summed E-state index contributed by atoms with van der Waals surface area (Å²) in [5.74, 6) is 0.567. The van der Waals surface area contributed by atoms with Gasteiger partial charge in [-0.05, 0) is 36.5 Å². The number of unbranched alkanes of at least 4 members (excludes halogenated alkanes) is 7. The van der Waals surface area contributed by atoms with Crippen molar-refractivity contribution in [1.29, 1.82) is 0 Å². The Morgan fingerprint density at radius 1 is 0.852 bits per heavy atom. The number of allylic oxidation sites excluding steroid dienone is 4. The largest absolute Gasteiger partial charge is 0.290 e. The Morgan fingerprint density at radius 2 is 1.44 bits per heavy atom. The summed E-state index contributed by atoms with van der Waals surface area (Å²) < 4.78 is 0. The third-order valence-electron chi connectivity index (χ3n) is 6.03. The molecule has 0 spiro atoms. The smallest absolute Gasteiger partial charge is 0.182 e. The minimum atomic E-state index is -0.0872. The maximum atomic E-state index is 12.4. The van der Waals surface area contributed by atoms with Gasteiger partial charge in [0.1, 0.15) is 0 Å². The van der Waals surface area contributed by atoms with Crippen molar-refractivity contribution >= 4 is 24.2 Å². The van der Waals surface area contributed by atoms with Gasteiger partial charge in [0.05, 0.1) is 0 Å². The molecule has 0 aromatic carbocycles. The molecule has 0 saturated heterocycles. The van der Waals surface area contributed by atoms with E-state index in [-0.39, 0.29) is 22.7 Å². The van der Waals surface area contributed by atoms with E-state index < -0.39 is 0 Å². The molecule has 1 radical (unpaired) electrons. The van der Waals surface area contributed by atoms with Gasteiger partial charge >= 0.3 is 0 Å². The van der Waals surface area contributed by atoms with E-state index in [0.717, 1.165) is 12.8 Å². The van der Waals surface area contributed by atoms with Gasteiger partial charge in [0.25, 0.3) is 0 Å². The number of rotatable bonds is 14. The maximum Gasteiger partial charge on any atom is 0.182 e. The van der Waals surface area contributed by atoms with Gasteiger partial charge < -0.3 is 0 Å². The molecule has 0 heterocycles. The average Bonchev–Trinajstić information content (AvgIpc) is 2.66. The van der Waals surface area contributed by atoms with Crippen LogP contribution in [-0.2, 0) is 9.59 Å². The second kappa shape index (κ2) is 13.4. The molecule has 0 amide bonds. The van der Waals surface area contributed by atoms with Gasteiger partial charge in [-0.2, -0.15) is 0 Å². The topological polar surface area (TPSA) is 34.1 Å². The zero-order chi connectivity index (χ0) is 20.2. The van der Waals surface area contributed by atoms with Crippen LogP contribution >= 0.6 is 12.6 Å². The Morgan fingerprint density at radius 3 is 2.04 bits per heavy atom. The Kier molecular flexibility index (Phi) is 12.0. The molecule has 2 nitrogen and oxygen atoms in total. The molecule has 4 atom stereocenters. The highest BCUT2D eigenvalue weighted by molar-refractivity contribution is 7.81. The van der Waals surface area contributed by atoms with Crippen LogP contribution in [-0.4, -0.2) is 16.8 Å². The van der Waals surface area contributed by atoms with E-state index in [1.165, 1.54) is 69.6 Å². The summed E-state index contributed by atoms with van der Waals surface area (Å²) in [5, 5.41) is -0.000922. The summed E-state index contributed by atoms with van der Waals surface area (Å²) in [7, 11) is 0. The lowest BCUT2D eigenvalue weighted by molar-refractivity contribution is -0.115. The van der Waals surface area contributed by atoms with Crippen LogP contribution in [0.15, 0.2) is 23.8 Å². The van der Waals surface area contributed by atoms with E-state index in [4.69, 9.17) is 12.6 Å². The fraction of sp³-hybridized carbons (Fsp3) is 0.750. The highest BCUT2D eigenvalue weighted by atomic mass is 32.1. The van der Waals surface area contributed by atoms with Gasteiger partial charge in [0, 0.05) is 16.7 Å². The first-order valence-corrected chi connectivity index (χ1v) is 11.5. The summed E-state index contributed by atoms with van der Waals surface area (Å²) >= 11 is 5.92. The van der Waals surface area contributed by atoms with E-state index in [1.54, 1.807) is 0 Å². The monoisotopic (exact) mass is 391 g/mol. The van der Waals surface area contributed by atoms with E-state index in [0.29, 0.717) is 17.4 Å². The highest BCUT2D eigenvalue weighted by Gasteiger charge is 2.34. The van der Waals surface area contributed by atoms with Crippen molar-refractivity contribution in [1.82, 2.24) is 0 Å². The fourth-order valence-electron chi connectivity index (χ4n) is 3.97. The van der Waals surface area contributed by atoms with Gasteiger partial charge in [-0.1, -0.05) is 98.1 Å². The molecule has 1 rings (SSSR count). The second-order valence-corrected chi connectivity index (χ2v) is 8.86. The Balaban J connectivity index is 2.54. The molecule has 4 unspecified atom stereocenters. The predicted molar refractivity (Wildman–Crippen MR) is 118 cm³/mol. The molecule has 27 heavy (non-hydrogen) atoms. The first kappa shape index (κ1) is 24.2. The summed E-state index contributed by atoms with van der Waals surface area (Å²) in [6.45, 7) is 8.76. The van der Waals surface area contributed by atoms with Crippen molar-refractivity contribution in [2.45, 2.75) is 97.2 Å². The van der Waals surface area contributed by atoms with Crippen LogP contribution in [0.25, 0.3) is 0 Å². The van der Waals surface area contributed by atoms with Gasteiger partial charge in [-0.3, -0.25) is 9.59 Å². The minimum absolute atomic E-state index is 0.000922. The molecule has 0 fully saturated rings. The van der Waals surface area contributed by atoms with Gasteiger partial charge in [-0.25, -0.2) is 0 Å². The van der Waals surface area contributed by atoms with Gasteiger partial charge in [-0.15, -0.1) is 0 Å². The van der Waals surface area contributed by atoms with E-state index in [2.05, 4.69) is 27.7 Å². The van der Waals surface area contributed by atoms with E-state index in [9.17, 15) is 9.59 Å². The van der Waals surface area contributed by atoms with Crippen LogP contribution < -0.4 is 0 Å². The Bertz CT molecular complexity index is 520. The first-order chi connectivity index (χ1) is 12.9. The molecular formula is C24H39O2S. The van der Waals surface area contributed by atoms with Crippen LogP contribution in [0, 0.1) is 17.8 Å². The molecule has 1 aliphatic carbocycles. The molecule has 0 aliphatic heterocycles. The standard InChI is InChI=1S/C24H39O2S/c1-5-7-8-9-10-11-12-13-14-19(4)24(27)23(18(3)6-2)21-17-20(25)15-16-22(21)26/h15-19,23-24H,5-14H2,1-4H3. The molecule has 0 bridgehead atoms. The molecular weight excluding hydrogens is 352 g/mol. The van der Waals surface area contributed by atoms with Crippen molar-refractivity contribution in [3.63, 3.8) is 0 Å². The molecule has 0 aromatic rings. The van der Waals surface area contributed by atoms with Crippen LogP contribution in [0.2, 0.25) is 0 Å². The minimum Gasteiger partial charge on any atom is -0.290 e. The molecule has 0 N–H and O–H groups in total. The third-order valence-corrected chi connectivity index (χ3v) is 6.78. The van der Waals surface area contributed by atoms with Crippen molar-refractivity contribution in [3.05, 3.63) is 23.8 Å². The summed E-state index contributed by atoms with van der Waals surface area (Å²) in [6, 6.07) is 0. The van der Waals surface area contributed by atoms with Crippen molar-refractivity contribution in [2.75, 3.05) is 0 Å². The lowest BCUT2D eigenvalue weighted by atomic mass is 9.75.